The van der Waals surface area contributed by atoms with Gasteiger partial charge >= 0.3 is 5.69 Å². The molecule has 4 fully saturated rings. The quantitative estimate of drug-likeness (QED) is 0.494. The van der Waals surface area contributed by atoms with Crippen LogP contribution >= 0.6 is 0 Å². The number of hydrogen-bond acceptors (Lipinski definition) is 7. The second-order valence-electron chi connectivity index (χ2n) is 12.9. The van der Waals surface area contributed by atoms with Crippen LogP contribution < -0.4 is 16.7 Å². The van der Waals surface area contributed by atoms with Crippen LogP contribution in [0.4, 0.5) is 0 Å². The van der Waals surface area contributed by atoms with E-state index in [9.17, 15) is 14.4 Å². The van der Waals surface area contributed by atoms with Gasteiger partial charge in [0.15, 0.2) is 0 Å². The van der Waals surface area contributed by atoms with E-state index in [0.29, 0.717) is 24.7 Å². The Bertz CT molecular complexity index is 1300. The van der Waals surface area contributed by atoms with Crippen molar-refractivity contribution >= 4 is 22.8 Å². The van der Waals surface area contributed by atoms with Crippen LogP contribution in [0.5, 0.6) is 0 Å². The first-order valence-corrected chi connectivity index (χ1v) is 15.7. The van der Waals surface area contributed by atoms with Crippen molar-refractivity contribution in [1.82, 2.24) is 24.3 Å². The van der Waals surface area contributed by atoms with Crippen molar-refractivity contribution < 1.29 is 14.3 Å². The van der Waals surface area contributed by atoms with Crippen LogP contribution in [0.2, 0.25) is 0 Å². The van der Waals surface area contributed by atoms with E-state index >= 15 is 0 Å². The summed E-state index contributed by atoms with van der Waals surface area (Å²) in [5, 5.41) is 2.37. The smallest absolute Gasteiger partial charge is 0.329 e. The molecular formula is C31H46N6O4. The van der Waals surface area contributed by atoms with E-state index in [4.69, 9.17) is 10.5 Å². The number of aromatic nitrogens is 2. The Morgan fingerprint density at radius 1 is 0.854 bits per heavy atom. The van der Waals surface area contributed by atoms with Crippen molar-refractivity contribution in [2.24, 2.45) is 18.7 Å². The molecule has 6 rings (SSSR count). The minimum Gasteiger partial charge on any atom is -0.375 e. The SMILES string of the molecule is Cn1c(=O)n(C2CCC(=O)NC2=O)c2ccc(CN3CCC(OC4CCN(C[C@H]5CC[C@H](N)CC5)CC4)CC3)cc21. The summed E-state index contributed by atoms with van der Waals surface area (Å²) in [5.74, 6) is 0.144. The van der Waals surface area contributed by atoms with Gasteiger partial charge in [0.05, 0.1) is 23.2 Å². The Morgan fingerprint density at radius 2 is 1.51 bits per heavy atom. The van der Waals surface area contributed by atoms with Gasteiger partial charge in [0.1, 0.15) is 6.04 Å². The molecule has 0 radical (unpaired) electrons. The number of imidazole rings is 1. The third-order valence-corrected chi connectivity index (χ3v) is 9.94. The molecule has 3 aliphatic heterocycles. The van der Waals surface area contributed by atoms with Gasteiger partial charge in [-0.2, -0.15) is 0 Å². The van der Waals surface area contributed by atoms with Crippen molar-refractivity contribution in [2.75, 3.05) is 32.7 Å². The highest BCUT2D eigenvalue weighted by Gasteiger charge is 2.32. The molecule has 2 amide bonds. The molecule has 10 heteroatoms. The number of fused-ring (bicyclic) bond motifs is 1. The number of imide groups is 1. The van der Waals surface area contributed by atoms with E-state index in [1.165, 1.54) is 32.2 Å². The van der Waals surface area contributed by atoms with E-state index in [1.807, 2.05) is 6.07 Å². The van der Waals surface area contributed by atoms with Crippen molar-refractivity contribution in [3.8, 4) is 0 Å². The summed E-state index contributed by atoms with van der Waals surface area (Å²) in [6.07, 6.45) is 10.7. The number of nitrogens with zero attached hydrogens (tertiary/aromatic N) is 4. The van der Waals surface area contributed by atoms with Crippen LogP contribution in [0, 0.1) is 5.92 Å². The molecule has 0 bridgehead atoms. The summed E-state index contributed by atoms with van der Waals surface area (Å²) in [5.41, 5.74) is 8.55. The number of likely N-dealkylation sites (tertiary alicyclic amines) is 2. The van der Waals surface area contributed by atoms with Crippen molar-refractivity contribution in [1.29, 1.82) is 0 Å². The monoisotopic (exact) mass is 566 g/mol. The van der Waals surface area contributed by atoms with Crippen LogP contribution in [0.15, 0.2) is 23.0 Å². The Kier molecular flexibility index (Phi) is 8.62. The van der Waals surface area contributed by atoms with Gasteiger partial charge in [-0.1, -0.05) is 6.07 Å². The van der Waals surface area contributed by atoms with Gasteiger partial charge in [-0.3, -0.25) is 28.9 Å². The molecule has 10 nitrogen and oxygen atoms in total. The van der Waals surface area contributed by atoms with Gasteiger partial charge in [0.25, 0.3) is 0 Å². The van der Waals surface area contributed by atoms with Crippen molar-refractivity contribution in [2.45, 2.75) is 95.0 Å². The molecule has 1 unspecified atom stereocenters. The minimum absolute atomic E-state index is 0.228. The number of rotatable bonds is 7. The fourth-order valence-corrected chi connectivity index (χ4v) is 7.43. The largest absolute Gasteiger partial charge is 0.375 e. The molecule has 3 saturated heterocycles. The Hall–Kier alpha value is -2.53. The topological polar surface area (TPSA) is 115 Å². The van der Waals surface area contributed by atoms with Crippen LogP contribution in [0.3, 0.4) is 0 Å². The zero-order chi connectivity index (χ0) is 28.5. The van der Waals surface area contributed by atoms with Crippen LogP contribution in [-0.4, -0.2) is 81.7 Å². The van der Waals surface area contributed by atoms with Crippen LogP contribution in [-0.2, 0) is 27.9 Å². The molecule has 0 spiro atoms. The number of carbonyl (C=O) groups is 2. The van der Waals surface area contributed by atoms with E-state index in [1.54, 1.807) is 16.2 Å². The number of hydrogen-bond donors (Lipinski definition) is 2. The molecule has 4 aliphatic rings. The van der Waals surface area contributed by atoms with Gasteiger partial charge in [-0.15, -0.1) is 0 Å². The summed E-state index contributed by atoms with van der Waals surface area (Å²) in [4.78, 5) is 42.2. The lowest BCUT2D eigenvalue weighted by molar-refractivity contribution is -0.135. The minimum atomic E-state index is -0.655. The van der Waals surface area contributed by atoms with Gasteiger partial charge in [-0.25, -0.2) is 4.79 Å². The van der Waals surface area contributed by atoms with E-state index in [2.05, 4.69) is 27.2 Å². The van der Waals surface area contributed by atoms with Gasteiger partial charge < -0.3 is 15.4 Å². The number of carbonyl (C=O) groups excluding carboxylic acids is 2. The summed E-state index contributed by atoms with van der Waals surface area (Å²) in [6.45, 7) is 6.37. The highest BCUT2D eigenvalue weighted by atomic mass is 16.5. The maximum absolute atomic E-state index is 13.1. The fraction of sp³-hybridized carbons (Fsp3) is 0.710. The first kappa shape index (κ1) is 28.6. The first-order chi connectivity index (χ1) is 19.8. The number of benzene rings is 1. The maximum Gasteiger partial charge on any atom is 0.329 e. The van der Waals surface area contributed by atoms with E-state index in [-0.39, 0.29) is 18.0 Å². The number of piperidine rings is 3. The maximum atomic E-state index is 13.1. The summed E-state index contributed by atoms with van der Waals surface area (Å²) in [7, 11) is 1.75. The normalized spacial score (nSPS) is 27.9. The van der Waals surface area contributed by atoms with Gasteiger partial charge in [0, 0.05) is 58.8 Å². The van der Waals surface area contributed by atoms with Gasteiger partial charge in [0.2, 0.25) is 11.8 Å². The predicted octanol–water partition coefficient (Wildman–Crippen LogP) is 2.28. The lowest BCUT2D eigenvalue weighted by atomic mass is 9.86. The Balaban J connectivity index is 0.979. The predicted molar refractivity (Wildman–Crippen MR) is 157 cm³/mol. The molecule has 1 aliphatic carbocycles. The number of nitrogens with two attached hydrogens (primary N) is 1. The molecular weight excluding hydrogens is 520 g/mol. The first-order valence-electron chi connectivity index (χ1n) is 15.7. The Labute approximate surface area is 242 Å². The van der Waals surface area contributed by atoms with E-state index < -0.39 is 11.9 Å². The summed E-state index contributed by atoms with van der Waals surface area (Å²) in [6, 6.07) is 5.84. The summed E-state index contributed by atoms with van der Waals surface area (Å²) >= 11 is 0. The second kappa shape index (κ2) is 12.4. The zero-order valence-corrected chi connectivity index (χ0v) is 24.4. The van der Waals surface area contributed by atoms with Crippen LogP contribution in [0.1, 0.15) is 75.8 Å². The average molecular weight is 567 g/mol. The van der Waals surface area contributed by atoms with E-state index in [0.717, 1.165) is 80.9 Å². The third kappa shape index (κ3) is 6.45. The standard InChI is InChI=1S/C31H46N6O4/c1-34-28-18-22(4-7-26(28)37(31(34)40)27-8-9-29(38)33-30(27)39)20-36-16-12-25(13-17-36)41-24-10-14-35(15-11-24)19-21-2-5-23(32)6-3-21/h4,7,18,21,23-25,27H,2-3,5-6,8-17,19-20,32H2,1H3,(H,33,38,39)/t21-,23-,27?. The number of aryl methyl sites for hydroxylation is 1. The average Bonchev–Trinajstić information content (AvgIpc) is 3.21. The lowest BCUT2D eigenvalue weighted by Gasteiger charge is -2.38. The van der Waals surface area contributed by atoms with Crippen molar-refractivity contribution in [3.05, 3.63) is 34.2 Å². The number of amides is 2. The molecule has 3 N–H and O–H groups in total. The molecule has 1 saturated carbocycles. The highest BCUT2D eigenvalue weighted by Crippen LogP contribution is 2.28. The highest BCUT2D eigenvalue weighted by molar-refractivity contribution is 6.00. The zero-order valence-electron chi connectivity index (χ0n) is 24.4. The number of ether oxygens (including phenoxy) is 1. The molecule has 224 valence electrons. The Morgan fingerprint density at radius 3 is 2.17 bits per heavy atom. The van der Waals surface area contributed by atoms with Crippen LogP contribution in [0.25, 0.3) is 11.0 Å². The summed E-state index contributed by atoms with van der Waals surface area (Å²) < 4.78 is 9.73. The molecule has 1 aromatic heterocycles. The van der Waals surface area contributed by atoms with Gasteiger partial charge in [-0.05, 0) is 81.4 Å². The second-order valence-corrected chi connectivity index (χ2v) is 12.9. The number of nitrogens with one attached hydrogen (secondary N) is 1. The molecule has 41 heavy (non-hydrogen) atoms. The molecule has 1 atom stereocenters. The molecule has 2 aromatic rings. The lowest BCUT2D eigenvalue weighted by Crippen LogP contribution is -2.44. The van der Waals surface area contributed by atoms with Crippen molar-refractivity contribution in [3.63, 3.8) is 0 Å². The third-order valence-electron chi connectivity index (χ3n) is 9.94. The molecule has 4 heterocycles. The fourth-order valence-electron chi connectivity index (χ4n) is 7.43. The molecule has 1 aromatic carbocycles.